The van der Waals surface area contributed by atoms with Gasteiger partial charge < -0.3 is 14.6 Å². The van der Waals surface area contributed by atoms with E-state index in [1.807, 2.05) is 32.9 Å². The van der Waals surface area contributed by atoms with Gasteiger partial charge in [0.05, 0.1) is 17.4 Å². The van der Waals surface area contributed by atoms with Gasteiger partial charge >= 0.3 is 6.09 Å². The molecule has 0 aromatic carbocycles. The topological polar surface area (TPSA) is 75.3 Å². The molecule has 7 heteroatoms. The second-order valence-electron chi connectivity index (χ2n) is 7.66. The van der Waals surface area contributed by atoms with Crippen LogP contribution in [0.2, 0.25) is 0 Å². The number of thioether (sulfide) groups is 1. The van der Waals surface area contributed by atoms with Crippen molar-refractivity contribution in [3.8, 4) is 0 Å². The molecule has 1 amide bonds. The van der Waals surface area contributed by atoms with E-state index in [1.165, 1.54) is 11.8 Å². The van der Waals surface area contributed by atoms with Crippen molar-refractivity contribution in [1.82, 2.24) is 14.9 Å². The van der Waals surface area contributed by atoms with E-state index in [9.17, 15) is 9.59 Å². The van der Waals surface area contributed by atoms with Crippen LogP contribution in [0.3, 0.4) is 0 Å². The largest absolute Gasteiger partial charge is 0.444 e. The van der Waals surface area contributed by atoms with Crippen LogP contribution in [0.5, 0.6) is 0 Å². The summed E-state index contributed by atoms with van der Waals surface area (Å²) in [6.07, 6.45) is 5.00. The van der Waals surface area contributed by atoms with Gasteiger partial charge in [0.15, 0.2) is 0 Å². The molecule has 1 aliphatic heterocycles. The van der Waals surface area contributed by atoms with Crippen LogP contribution in [0.15, 0.2) is 24.5 Å². The Morgan fingerprint density at radius 2 is 2.08 bits per heavy atom. The van der Waals surface area contributed by atoms with Gasteiger partial charge in [-0.3, -0.25) is 9.78 Å². The lowest BCUT2D eigenvalue weighted by molar-refractivity contribution is 0.0191. The van der Waals surface area contributed by atoms with Crippen LogP contribution in [0.1, 0.15) is 44.1 Å². The molecule has 3 rings (SSSR count). The molecular weight excluding hydrogens is 350 g/mol. The fourth-order valence-electron chi connectivity index (χ4n) is 2.96. The summed E-state index contributed by atoms with van der Waals surface area (Å²) in [7, 11) is 0. The van der Waals surface area contributed by atoms with E-state index >= 15 is 0 Å². The second-order valence-corrected chi connectivity index (χ2v) is 8.65. The molecule has 1 saturated heterocycles. The normalized spacial score (nSPS) is 16.0. The van der Waals surface area contributed by atoms with Crippen molar-refractivity contribution in [2.24, 2.45) is 5.92 Å². The molecular formula is C19H25N3O3S. The number of ether oxygens (including phenoxy) is 1. The summed E-state index contributed by atoms with van der Waals surface area (Å²) in [5, 5.41) is 1.05. The Morgan fingerprint density at radius 1 is 1.35 bits per heavy atom. The number of amides is 1. The Morgan fingerprint density at radius 3 is 2.73 bits per heavy atom. The Labute approximate surface area is 157 Å². The third kappa shape index (κ3) is 4.78. The van der Waals surface area contributed by atoms with Gasteiger partial charge in [0.25, 0.3) is 0 Å². The summed E-state index contributed by atoms with van der Waals surface area (Å²) >= 11 is 1.35. The van der Waals surface area contributed by atoms with Crippen LogP contribution >= 0.6 is 11.8 Å². The number of H-pyrrole nitrogens is 1. The molecule has 26 heavy (non-hydrogen) atoms. The van der Waals surface area contributed by atoms with Crippen LogP contribution in [0.4, 0.5) is 4.79 Å². The minimum Gasteiger partial charge on any atom is -0.444 e. The Balaban J connectivity index is 1.46. The lowest BCUT2D eigenvalue weighted by atomic mass is 9.99. The molecule has 1 N–H and O–H groups in total. The second kappa shape index (κ2) is 7.70. The monoisotopic (exact) mass is 375 g/mol. The first-order valence-corrected chi connectivity index (χ1v) is 9.88. The number of carbonyl (C=O) groups excluding carboxylic acids is 2. The number of nitrogens with zero attached hydrogens (tertiary/aromatic N) is 2. The van der Waals surface area contributed by atoms with E-state index in [1.54, 1.807) is 17.3 Å². The summed E-state index contributed by atoms with van der Waals surface area (Å²) in [5.74, 6) is 1.21. The van der Waals surface area contributed by atoms with Gasteiger partial charge in [-0.2, -0.15) is 0 Å². The van der Waals surface area contributed by atoms with Gasteiger partial charge in [0.1, 0.15) is 5.60 Å². The van der Waals surface area contributed by atoms with Gasteiger partial charge in [-0.25, -0.2) is 4.79 Å². The SMILES string of the molecule is CC(C)(C)OC(=O)N1CCC(CSC(=O)c2cc3ccncc3[nH]2)CC1. The standard InChI is InChI=1S/C19H25N3O3S/c1-19(2,3)25-18(24)22-8-5-13(6-9-22)12-26-17(23)15-10-14-4-7-20-11-16(14)21-15/h4,7,10-11,13,21H,5-6,8-9,12H2,1-3H3. The van der Waals surface area contributed by atoms with E-state index in [-0.39, 0.29) is 11.2 Å². The third-order valence-electron chi connectivity index (χ3n) is 4.36. The molecule has 1 fully saturated rings. The summed E-state index contributed by atoms with van der Waals surface area (Å²) < 4.78 is 5.42. The van der Waals surface area contributed by atoms with Crippen molar-refractivity contribution in [3.05, 3.63) is 30.2 Å². The average molecular weight is 375 g/mol. The highest BCUT2D eigenvalue weighted by Gasteiger charge is 2.27. The number of pyridine rings is 1. The molecule has 3 heterocycles. The molecule has 0 atom stereocenters. The van der Waals surface area contributed by atoms with Crippen LogP contribution in [0.25, 0.3) is 10.9 Å². The van der Waals surface area contributed by atoms with Crippen molar-refractivity contribution < 1.29 is 14.3 Å². The fraction of sp³-hybridized carbons (Fsp3) is 0.526. The lowest BCUT2D eigenvalue weighted by Gasteiger charge is -2.33. The maximum atomic E-state index is 12.4. The summed E-state index contributed by atoms with van der Waals surface area (Å²) in [6.45, 7) is 7.00. The highest BCUT2D eigenvalue weighted by Crippen LogP contribution is 2.25. The number of carbonyl (C=O) groups is 2. The summed E-state index contributed by atoms with van der Waals surface area (Å²) in [5.41, 5.74) is 1.02. The highest BCUT2D eigenvalue weighted by atomic mass is 32.2. The zero-order valence-electron chi connectivity index (χ0n) is 15.4. The van der Waals surface area contributed by atoms with Crippen LogP contribution in [-0.2, 0) is 4.74 Å². The molecule has 2 aromatic rings. The fourth-order valence-corrected chi connectivity index (χ4v) is 3.95. The van der Waals surface area contributed by atoms with Crippen molar-refractivity contribution in [2.45, 2.75) is 39.2 Å². The van der Waals surface area contributed by atoms with Crippen LogP contribution < -0.4 is 0 Å². The molecule has 140 valence electrons. The molecule has 0 bridgehead atoms. The van der Waals surface area contributed by atoms with Gasteiger partial charge in [0, 0.05) is 30.4 Å². The number of aromatic amines is 1. The summed E-state index contributed by atoms with van der Waals surface area (Å²) in [4.78, 5) is 33.4. The average Bonchev–Trinajstić information content (AvgIpc) is 3.03. The predicted octanol–water partition coefficient (Wildman–Crippen LogP) is 4.08. The third-order valence-corrected chi connectivity index (χ3v) is 5.48. The predicted molar refractivity (Wildman–Crippen MR) is 103 cm³/mol. The summed E-state index contributed by atoms with van der Waals surface area (Å²) in [6, 6.07) is 3.76. The van der Waals surface area contributed by atoms with E-state index in [2.05, 4.69) is 9.97 Å². The van der Waals surface area contributed by atoms with Gasteiger partial charge in [0.2, 0.25) is 5.12 Å². The minimum atomic E-state index is -0.467. The number of hydrogen-bond acceptors (Lipinski definition) is 5. The lowest BCUT2D eigenvalue weighted by Crippen LogP contribution is -2.42. The van der Waals surface area contributed by atoms with Crippen LogP contribution in [0, 0.1) is 5.92 Å². The smallest absolute Gasteiger partial charge is 0.410 e. The van der Waals surface area contributed by atoms with E-state index in [4.69, 9.17) is 4.74 Å². The molecule has 0 saturated carbocycles. The molecule has 2 aromatic heterocycles. The van der Waals surface area contributed by atoms with Gasteiger partial charge in [-0.15, -0.1) is 0 Å². The number of nitrogens with one attached hydrogen (secondary N) is 1. The molecule has 0 radical (unpaired) electrons. The first-order chi connectivity index (χ1) is 12.3. The molecule has 1 aliphatic rings. The highest BCUT2D eigenvalue weighted by molar-refractivity contribution is 8.14. The van der Waals surface area contributed by atoms with Crippen molar-refractivity contribution in [3.63, 3.8) is 0 Å². The number of hydrogen-bond donors (Lipinski definition) is 1. The van der Waals surface area contributed by atoms with E-state index in [0.717, 1.165) is 29.5 Å². The molecule has 0 aliphatic carbocycles. The molecule has 0 spiro atoms. The quantitative estimate of drug-likeness (QED) is 0.875. The van der Waals surface area contributed by atoms with E-state index in [0.29, 0.717) is 24.7 Å². The first kappa shape index (κ1) is 18.8. The molecule has 0 unspecified atom stereocenters. The van der Waals surface area contributed by atoms with E-state index < -0.39 is 5.60 Å². The number of rotatable bonds is 3. The maximum Gasteiger partial charge on any atom is 0.410 e. The number of fused-ring (bicyclic) bond motifs is 1. The van der Waals surface area contributed by atoms with Crippen LogP contribution in [-0.4, -0.2) is 50.5 Å². The minimum absolute atomic E-state index is 0.0516. The van der Waals surface area contributed by atoms with Crippen molar-refractivity contribution in [1.29, 1.82) is 0 Å². The Kier molecular flexibility index (Phi) is 5.55. The Hall–Kier alpha value is -2.02. The van der Waals surface area contributed by atoms with Gasteiger partial charge in [-0.1, -0.05) is 11.8 Å². The number of aromatic nitrogens is 2. The zero-order valence-corrected chi connectivity index (χ0v) is 16.3. The van der Waals surface area contributed by atoms with Crippen molar-refractivity contribution in [2.75, 3.05) is 18.8 Å². The first-order valence-electron chi connectivity index (χ1n) is 8.89. The van der Waals surface area contributed by atoms with Crippen molar-refractivity contribution >= 4 is 33.9 Å². The number of piperidine rings is 1. The van der Waals surface area contributed by atoms with Gasteiger partial charge in [-0.05, 0) is 51.7 Å². The maximum absolute atomic E-state index is 12.4. The zero-order chi connectivity index (χ0) is 18.7. The number of likely N-dealkylation sites (tertiary alicyclic amines) is 1. The molecule has 6 nitrogen and oxygen atoms in total. The Bertz CT molecular complexity index is 756.